The van der Waals surface area contributed by atoms with Gasteiger partial charge in [-0.3, -0.25) is 14.5 Å². The molecule has 1 atom stereocenters. The van der Waals surface area contributed by atoms with Crippen molar-refractivity contribution >= 4 is 40.5 Å². The molecular weight excluding hydrogens is 661 g/mol. The lowest BCUT2D eigenvalue weighted by atomic mass is 10.0. The van der Waals surface area contributed by atoms with E-state index in [0.29, 0.717) is 40.8 Å². The van der Waals surface area contributed by atoms with Crippen LogP contribution >= 0.6 is 11.8 Å². The van der Waals surface area contributed by atoms with Gasteiger partial charge in [0.05, 0.1) is 24.2 Å². The third-order valence-electron chi connectivity index (χ3n) is 7.49. The molecule has 0 radical (unpaired) electrons. The number of rotatable bonds is 12. The summed E-state index contributed by atoms with van der Waals surface area (Å²) in [5.74, 6) is -0.379. The Morgan fingerprint density at radius 3 is 2.47 bits per heavy atom. The maximum Gasteiger partial charge on any atom is 0.573 e. The minimum Gasteiger partial charge on any atom is -0.453 e. The number of aromatic nitrogens is 3. The number of ether oxygens (including phenoxy) is 2. The third kappa shape index (κ3) is 9.47. The number of aryl methyl sites for hydroxylation is 2. The van der Waals surface area contributed by atoms with Gasteiger partial charge in [0, 0.05) is 18.0 Å². The van der Waals surface area contributed by atoms with Crippen molar-refractivity contribution in [1.29, 1.82) is 0 Å². The van der Waals surface area contributed by atoms with Crippen molar-refractivity contribution in [1.82, 2.24) is 20.1 Å². The van der Waals surface area contributed by atoms with Gasteiger partial charge in [0.2, 0.25) is 11.8 Å². The van der Waals surface area contributed by atoms with Crippen LogP contribution in [0, 0.1) is 0 Å². The number of para-hydroxylation sites is 1. The molecule has 1 unspecified atom stereocenters. The van der Waals surface area contributed by atoms with Crippen LogP contribution in [-0.2, 0) is 27.2 Å². The van der Waals surface area contributed by atoms with E-state index in [-0.39, 0.29) is 23.8 Å². The smallest absolute Gasteiger partial charge is 0.453 e. The molecule has 1 fully saturated rings. The van der Waals surface area contributed by atoms with E-state index in [9.17, 15) is 27.6 Å². The fourth-order valence-electron chi connectivity index (χ4n) is 5.19. The predicted molar refractivity (Wildman–Crippen MR) is 179 cm³/mol. The summed E-state index contributed by atoms with van der Waals surface area (Å²) in [6.45, 7) is 2.06. The second-order valence-corrected chi connectivity index (χ2v) is 12.0. The molecule has 4 aromatic rings. The van der Waals surface area contributed by atoms with Gasteiger partial charge < -0.3 is 14.8 Å². The summed E-state index contributed by atoms with van der Waals surface area (Å²) in [5.41, 5.74) is 3.85. The average molecular weight is 695 g/mol. The van der Waals surface area contributed by atoms with Crippen LogP contribution in [-0.4, -0.2) is 63.1 Å². The van der Waals surface area contributed by atoms with Crippen molar-refractivity contribution < 1.29 is 37.0 Å². The standard InChI is InChI=1S/C34H33F3N6O5S/c1-3-6-23-7-4-5-8-28(23)43-30(45)20-49-32(43)40-29(44)19-25(39-33(46)47-2)14-11-22-9-12-24(13-10-22)31-38-21-42(41-31)26-15-17-27(18-16-26)48-34(35,36)37/h4-5,7-10,12-13,15-18,21,25H,3,6,11,14,19-20H2,1-2H3,(H,39,46). The molecule has 11 nitrogen and oxygen atoms in total. The highest BCUT2D eigenvalue weighted by atomic mass is 32.2. The van der Waals surface area contributed by atoms with Crippen molar-refractivity contribution in [2.45, 2.75) is 51.4 Å². The highest BCUT2D eigenvalue weighted by Gasteiger charge is 2.32. The maximum atomic E-state index is 13.2. The summed E-state index contributed by atoms with van der Waals surface area (Å²) in [4.78, 5) is 48.2. The molecule has 0 spiro atoms. The van der Waals surface area contributed by atoms with Crippen LogP contribution in [0.2, 0.25) is 0 Å². The monoisotopic (exact) mass is 694 g/mol. The number of thioether (sulfide) groups is 1. The second-order valence-electron chi connectivity index (χ2n) is 11.0. The summed E-state index contributed by atoms with van der Waals surface area (Å²) in [6.07, 6.45) is -1.51. The first-order valence-electron chi connectivity index (χ1n) is 15.4. The van der Waals surface area contributed by atoms with Gasteiger partial charge in [-0.1, -0.05) is 67.6 Å². The molecule has 3 aromatic carbocycles. The van der Waals surface area contributed by atoms with Gasteiger partial charge in [-0.25, -0.2) is 14.5 Å². The predicted octanol–water partition coefficient (Wildman–Crippen LogP) is 6.50. The Bertz CT molecular complexity index is 1810. The normalized spacial score (nSPS) is 14.6. The molecular formula is C34H33F3N6O5S. The highest BCUT2D eigenvalue weighted by molar-refractivity contribution is 8.15. The van der Waals surface area contributed by atoms with E-state index in [1.54, 1.807) is 0 Å². The van der Waals surface area contributed by atoms with E-state index in [1.165, 1.54) is 59.0 Å². The average Bonchev–Trinajstić information content (AvgIpc) is 3.71. The zero-order chi connectivity index (χ0) is 35.0. The van der Waals surface area contributed by atoms with Gasteiger partial charge >= 0.3 is 12.5 Å². The molecule has 1 aliphatic heterocycles. The molecule has 1 aliphatic rings. The molecule has 1 aromatic heterocycles. The number of nitrogens with zero attached hydrogens (tertiary/aromatic N) is 5. The van der Waals surface area contributed by atoms with Gasteiger partial charge in [0.15, 0.2) is 11.0 Å². The molecule has 0 saturated carbocycles. The SMILES string of the molecule is CCCc1ccccc1N1C(=O)CSC1=NC(=O)CC(CCc1ccc(-c2ncn(-c3ccc(OC(F)(F)F)cc3)n2)cc1)NC(=O)OC. The lowest BCUT2D eigenvalue weighted by Crippen LogP contribution is -2.37. The van der Waals surface area contributed by atoms with Gasteiger partial charge in [0.25, 0.3) is 0 Å². The van der Waals surface area contributed by atoms with Crippen molar-refractivity contribution in [3.8, 4) is 22.8 Å². The number of anilines is 1. The van der Waals surface area contributed by atoms with Crippen LogP contribution in [0.4, 0.5) is 23.7 Å². The molecule has 5 rings (SSSR count). The number of nitrogens with one attached hydrogen (secondary N) is 1. The van der Waals surface area contributed by atoms with Gasteiger partial charge in [0.1, 0.15) is 12.1 Å². The number of benzene rings is 3. The first-order chi connectivity index (χ1) is 23.5. The fourth-order valence-corrected chi connectivity index (χ4v) is 6.06. The molecule has 15 heteroatoms. The van der Waals surface area contributed by atoms with Crippen LogP contribution in [0.15, 0.2) is 84.1 Å². The lowest BCUT2D eigenvalue weighted by molar-refractivity contribution is -0.274. The number of halogens is 3. The van der Waals surface area contributed by atoms with Crippen molar-refractivity contribution in [2.24, 2.45) is 4.99 Å². The Hall–Kier alpha value is -5.18. The summed E-state index contributed by atoms with van der Waals surface area (Å²) >= 11 is 1.21. The number of amidine groups is 1. The fraction of sp³-hybridized carbons (Fsp3) is 0.294. The number of carbonyl (C=O) groups is 3. The number of amides is 3. The van der Waals surface area contributed by atoms with E-state index in [1.807, 2.05) is 48.5 Å². The van der Waals surface area contributed by atoms with E-state index in [0.717, 1.165) is 24.0 Å². The van der Waals surface area contributed by atoms with E-state index >= 15 is 0 Å². The summed E-state index contributed by atoms with van der Waals surface area (Å²) in [6, 6.07) is 19.7. The Labute approximate surface area is 284 Å². The summed E-state index contributed by atoms with van der Waals surface area (Å²) in [7, 11) is 1.24. The van der Waals surface area contributed by atoms with Crippen LogP contribution in [0.5, 0.6) is 5.75 Å². The van der Waals surface area contributed by atoms with E-state index in [4.69, 9.17) is 4.74 Å². The molecule has 2 heterocycles. The largest absolute Gasteiger partial charge is 0.573 e. The van der Waals surface area contributed by atoms with Gasteiger partial charge in [-0.05, 0) is 60.7 Å². The quantitative estimate of drug-likeness (QED) is 0.178. The van der Waals surface area contributed by atoms with Crippen LogP contribution < -0.4 is 15.0 Å². The number of aliphatic imine (C=N–C) groups is 1. The maximum absolute atomic E-state index is 13.2. The van der Waals surface area contributed by atoms with Crippen molar-refractivity contribution in [3.63, 3.8) is 0 Å². The van der Waals surface area contributed by atoms with Gasteiger partial charge in [-0.2, -0.15) is 4.99 Å². The van der Waals surface area contributed by atoms with Crippen LogP contribution in [0.1, 0.15) is 37.3 Å². The zero-order valence-corrected chi connectivity index (χ0v) is 27.5. The first-order valence-corrected chi connectivity index (χ1v) is 16.4. The molecule has 0 bridgehead atoms. The zero-order valence-electron chi connectivity index (χ0n) is 26.6. The number of alkyl carbamates (subject to hydrolysis) is 1. The third-order valence-corrected chi connectivity index (χ3v) is 8.41. The van der Waals surface area contributed by atoms with E-state index in [2.05, 4.69) is 32.1 Å². The molecule has 3 amide bonds. The Morgan fingerprint density at radius 1 is 1.04 bits per heavy atom. The summed E-state index contributed by atoms with van der Waals surface area (Å²) in [5, 5.41) is 7.45. The first kappa shape index (κ1) is 35.1. The number of methoxy groups -OCH3 is 1. The van der Waals surface area contributed by atoms with Crippen molar-refractivity contribution in [2.75, 3.05) is 17.8 Å². The highest BCUT2D eigenvalue weighted by Crippen LogP contribution is 2.31. The van der Waals surface area contributed by atoms with E-state index < -0.39 is 24.4 Å². The molecule has 0 aliphatic carbocycles. The minimum absolute atomic E-state index is 0.0967. The Morgan fingerprint density at radius 2 is 1.78 bits per heavy atom. The second kappa shape index (κ2) is 15.8. The van der Waals surface area contributed by atoms with Crippen molar-refractivity contribution in [3.05, 3.63) is 90.3 Å². The van der Waals surface area contributed by atoms with Crippen LogP contribution in [0.25, 0.3) is 17.1 Å². The summed E-state index contributed by atoms with van der Waals surface area (Å²) < 4.78 is 47.5. The molecule has 49 heavy (non-hydrogen) atoms. The lowest BCUT2D eigenvalue weighted by Gasteiger charge is -2.20. The molecule has 256 valence electrons. The molecule has 1 N–H and O–H groups in total. The Kier molecular flexibility index (Phi) is 11.3. The molecule has 1 saturated heterocycles. The Balaban J connectivity index is 1.22. The van der Waals surface area contributed by atoms with Crippen LogP contribution in [0.3, 0.4) is 0 Å². The minimum atomic E-state index is -4.78. The topological polar surface area (TPSA) is 128 Å². The number of hydrogen-bond donors (Lipinski definition) is 1. The number of alkyl halides is 3. The van der Waals surface area contributed by atoms with Gasteiger partial charge in [-0.15, -0.1) is 18.3 Å². The number of hydrogen-bond acceptors (Lipinski definition) is 8. The number of carbonyl (C=O) groups excluding carboxylic acids is 3.